The largest absolute Gasteiger partial charge is 0.496 e. The van der Waals surface area contributed by atoms with Gasteiger partial charge in [-0.1, -0.05) is 24.6 Å². The zero-order valence-corrected chi connectivity index (χ0v) is 9.78. The van der Waals surface area contributed by atoms with E-state index < -0.39 is 0 Å². The molecule has 1 saturated carbocycles. The number of nitrogens with two attached hydrogens (primary N) is 1. The van der Waals surface area contributed by atoms with Gasteiger partial charge in [-0.3, -0.25) is 0 Å². The highest BCUT2D eigenvalue weighted by molar-refractivity contribution is 5.36. The van der Waals surface area contributed by atoms with Crippen molar-refractivity contribution in [2.75, 3.05) is 13.7 Å². The van der Waals surface area contributed by atoms with Crippen LogP contribution in [-0.4, -0.2) is 19.7 Å². The van der Waals surface area contributed by atoms with Crippen LogP contribution in [0.4, 0.5) is 0 Å². The second kappa shape index (κ2) is 5.32. The van der Waals surface area contributed by atoms with Crippen molar-refractivity contribution < 1.29 is 4.74 Å². The number of hydrogen-bond acceptors (Lipinski definition) is 3. The van der Waals surface area contributed by atoms with Crippen LogP contribution in [0.2, 0.25) is 0 Å². The van der Waals surface area contributed by atoms with Crippen LogP contribution in [0.15, 0.2) is 24.3 Å². The van der Waals surface area contributed by atoms with Gasteiger partial charge >= 0.3 is 0 Å². The highest BCUT2D eigenvalue weighted by atomic mass is 16.5. The Morgan fingerprint density at radius 2 is 2.19 bits per heavy atom. The van der Waals surface area contributed by atoms with Gasteiger partial charge in [0.25, 0.3) is 0 Å². The summed E-state index contributed by atoms with van der Waals surface area (Å²) in [5, 5.41) is 3.59. The summed E-state index contributed by atoms with van der Waals surface area (Å²) in [5.41, 5.74) is 7.00. The number of nitrogens with one attached hydrogen (secondary N) is 1. The topological polar surface area (TPSA) is 47.3 Å². The Bertz CT molecular complexity index is 336. The lowest BCUT2D eigenvalue weighted by Crippen LogP contribution is -2.40. The summed E-state index contributed by atoms with van der Waals surface area (Å²) in [4.78, 5) is 0. The second-order valence-corrected chi connectivity index (χ2v) is 4.32. The first-order chi connectivity index (χ1) is 7.85. The van der Waals surface area contributed by atoms with Crippen molar-refractivity contribution in [3.63, 3.8) is 0 Å². The maximum atomic E-state index is 5.84. The molecule has 1 aliphatic carbocycles. The summed E-state index contributed by atoms with van der Waals surface area (Å²) in [7, 11) is 1.70. The molecule has 0 radical (unpaired) electrons. The minimum atomic E-state index is 0.210. The average molecular weight is 220 g/mol. The van der Waals surface area contributed by atoms with E-state index in [0.29, 0.717) is 12.6 Å². The second-order valence-electron chi connectivity index (χ2n) is 4.32. The number of hydrogen-bond donors (Lipinski definition) is 2. The third-order valence-corrected chi connectivity index (χ3v) is 3.29. The van der Waals surface area contributed by atoms with Crippen LogP contribution in [0.1, 0.15) is 30.9 Å². The van der Waals surface area contributed by atoms with E-state index in [-0.39, 0.29) is 6.04 Å². The average Bonchev–Trinajstić information content (AvgIpc) is 2.28. The predicted octanol–water partition coefficient (Wildman–Crippen LogP) is 1.84. The summed E-state index contributed by atoms with van der Waals surface area (Å²) >= 11 is 0. The number of benzene rings is 1. The minimum Gasteiger partial charge on any atom is -0.496 e. The van der Waals surface area contributed by atoms with Crippen molar-refractivity contribution >= 4 is 0 Å². The summed E-state index contributed by atoms with van der Waals surface area (Å²) in [6.45, 7) is 0.608. The smallest absolute Gasteiger partial charge is 0.123 e. The summed E-state index contributed by atoms with van der Waals surface area (Å²) in [5.74, 6) is 0.921. The van der Waals surface area contributed by atoms with E-state index >= 15 is 0 Å². The number of para-hydroxylation sites is 1. The van der Waals surface area contributed by atoms with E-state index in [1.807, 2.05) is 18.2 Å². The molecule has 0 bridgehead atoms. The van der Waals surface area contributed by atoms with Gasteiger partial charge in [0, 0.05) is 24.2 Å². The summed E-state index contributed by atoms with van der Waals surface area (Å²) < 4.78 is 5.37. The molecule has 0 amide bonds. The molecule has 16 heavy (non-hydrogen) atoms. The molecule has 1 fully saturated rings. The Morgan fingerprint density at radius 3 is 2.75 bits per heavy atom. The monoisotopic (exact) mass is 220 g/mol. The predicted molar refractivity (Wildman–Crippen MR) is 65.6 cm³/mol. The maximum Gasteiger partial charge on any atom is 0.123 e. The van der Waals surface area contributed by atoms with Crippen LogP contribution in [0, 0.1) is 0 Å². The number of ether oxygens (including phenoxy) is 1. The standard InChI is InChI=1S/C13H20N2O/c1-16-13-8-3-2-7-11(13)12(9-14)15-10-5-4-6-10/h2-3,7-8,10,12,15H,4-6,9,14H2,1H3. The van der Waals surface area contributed by atoms with Crippen LogP contribution in [0.3, 0.4) is 0 Å². The van der Waals surface area contributed by atoms with Crippen LogP contribution >= 0.6 is 0 Å². The van der Waals surface area contributed by atoms with Gasteiger partial charge in [0.15, 0.2) is 0 Å². The zero-order chi connectivity index (χ0) is 11.4. The Balaban J connectivity index is 2.11. The van der Waals surface area contributed by atoms with Crippen molar-refractivity contribution in [2.45, 2.75) is 31.3 Å². The molecule has 1 atom stereocenters. The van der Waals surface area contributed by atoms with Gasteiger partial charge in [0.05, 0.1) is 7.11 Å². The van der Waals surface area contributed by atoms with Crippen LogP contribution in [0.25, 0.3) is 0 Å². The van der Waals surface area contributed by atoms with Gasteiger partial charge in [0.1, 0.15) is 5.75 Å². The lowest BCUT2D eigenvalue weighted by atomic mass is 9.91. The molecule has 0 aromatic heterocycles. The minimum absolute atomic E-state index is 0.210. The fourth-order valence-electron chi connectivity index (χ4n) is 2.10. The fourth-order valence-corrected chi connectivity index (χ4v) is 2.10. The summed E-state index contributed by atoms with van der Waals surface area (Å²) in [6.07, 6.45) is 3.87. The molecule has 88 valence electrons. The Hall–Kier alpha value is -1.06. The van der Waals surface area contributed by atoms with Crippen molar-refractivity contribution in [1.29, 1.82) is 0 Å². The van der Waals surface area contributed by atoms with Gasteiger partial charge in [0.2, 0.25) is 0 Å². The van der Waals surface area contributed by atoms with Crippen molar-refractivity contribution in [2.24, 2.45) is 5.73 Å². The highest BCUT2D eigenvalue weighted by Crippen LogP contribution is 2.27. The van der Waals surface area contributed by atoms with E-state index in [2.05, 4.69) is 11.4 Å². The van der Waals surface area contributed by atoms with E-state index in [1.165, 1.54) is 24.8 Å². The van der Waals surface area contributed by atoms with E-state index in [4.69, 9.17) is 10.5 Å². The normalized spacial score (nSPS) is 17.9. The van der Waals surface area contributed by atoms with Gasteiger partial charge in [-0.25, -0.2) is 0 Å². The molecule has 0 saturated heterocycles. The SMILES string of the molecule is COc1ccccc1C(CN)NC1CCC1. The van der Waals surface area contributed by atoms with Crippen molar-refractivity contribution in [3.8, 4) is 5.75 Å². The number of rotatable bonds is 5. The molecule has 0 spiro atoms. The Kier molecular flexibility index (Phi) is 3.80. The highest BCUT2D eigenvalue weighted by Gasteiger charge is 2.22. The fraction of sp³-hybridized carbons (Fsp3) is 0.538. The molecular formula is C13H20N2O. The number of methoxy groups -OCH3 is 1. The van der Waals surface area contributed by atoms with Crippen LogP contribution in [0.5, 0.6) is 5.75 Å². The third kappa shape index (κ3) is 2.36. The summed E-state index contributed by atoms with van der Waals surface area (Å²) in [6, 6.07) is 8.94. The molecule has 1 aromatic rings. The van der Waals surface area contributed by atoms with Gasteiger partial charge in [-0.2, -0.15) is 0 Å². The van der Waals surface area contributed by atoms with Crippen molar-refractivity contribution in [3.05, 3.63) is 29.8 Å². The van der Waals surface area contributed by atoms with E-state index in [1.54, 1.807) is 7.11 Å². The quantitative estimate of drug-likeness (QED) is 0.796. The van der Waals surface area contributed by atoms with Crippen LogP contribution < -0.4 is 15.8 Å². The first kappa shape index (κ1) is 11.4. The molecule has 3 heteroatoms. The lowest BCUT2D eigenvalue weighted by Gasteiger charge is -2.31. The molecule has 0 heterocycles. The molecule has 1 unspecified atom stereocenters. The lowest BCUT2D eigenvalue weighted by molar-refractivity contribution is 0.302. The van der Waals surface area contributed by atoms with E-state index in [9.17, 15) is 0 Å². The Labute approximate surface area is 97.0 Å². The maximum absolute atomic E-state index is 5.84. The molecule has 3 nitrogen and oxygen atoms in total. The molecule has 2 rings (SSSR count). The Morgan fingerprint density at radius 1 is 1.44 bits per heavy atom. The third-order valence-electron chi connectivity index (χ3n) is 3.29. The van der Waals surface area contributed by atoms with Gasteiger partial charge in [-0.15, -0.1) is 0 Å². The first-order valence-corrected chi connectivity index (χ1v) is 5.94. The van der Waals surface area contributed by atoms with E-state index in [0.717, 1.165) is 5.75 Å². The molecule has 1 aliphatic rings. The molecular weight excluding hydrogens is 200 g/mol. The van der Waals surface area contributed by atoms with Gasteiger partial charge < -0.3 is 15.8 Å². The molecule has 0 aliphatic heterocycles. The zero-order valence-electron chi connectivity index (χ0n) is 9.78. The molecule has 3 N–H and O–H groups in total. The van der Waals surface area contributed by atoms with Crippen molar-refractivity contribution in [1.82, 2.24) is 5.32 Å². The van der Waals surface area contributed by atoms with Crippen LogP contribution in [-0.2, 0) is 0 Å². The molecule has 1 aromatic carbocycles. The van der Waals surface area contributed by atoms with Gasteiger partial charge in [-0.05, 0) is 18.9 Å². The first-order valence-electron chi connectivity index (χ1n) is 5.94.